The van der Waals surface area contributed by atoms with Gasteiger partial charge in [0.05, 0.1) is 53.5 Å². The van der Waals surface area contributed by atoms with Gasteiger partial charge in [-0.3, -0.25) is 14.9 Å². The van der Waals surface area contributed by atoms with Crippen molar-refractivity contribution in [3.8, 4) is 0 Å². The van der Waals surface area contributed by atoms with Crippen LogP contribution in [-0.2, 0) is 4.74 Å². The lowest BCUT2D eigenvalue weighted by Gasteiger charge is -2.40. The average Bonchev–Trinajstić information content (AvgIpc) is 3.31. The van der Waals surface area contributed by atoms with E-state index < -0.39 is 0 Å². The van der Waals surface area contributed by atoms with Gasteiger partial charge in [0.1, 0.15) is 5.82 Å². The third kappa shape index (κ3) is 4.36. The van der Waals surface area contributed by atoms with Gasteiger partial charge in [-0.2, -0.15) is 0 Å². The van der Waals surface area contributed by atoms with Crippen LogP contribution in [0.2, 0.25) is 5.02 Å². The number of methoxy groups -OCH3 is 1. The van der Waals surface area contributed by atoms with Crippen molar-refractivity contribution < 1.29 is 9.13 Å². The number of allylic oxidation sites excluding steroid dienone is 1. The first-order valence-corrected chi connectivity index (χ1v) is 11.3. The first kappa shape index (κ1) is 21.9. The second-order valence-corrected chi connectivity index (χ2v) is 8.83. The quantitative estimate of drug-likeness (QED) is 0.568. The number of anilines is 1. The van der Waals surface area contributed by atoms with E-state index in [2.05, 4.69) is 32.9 Å². The summed E-state index contributed by atoms with van der Waals surface area (Å²) >= 11 is 6.12. The van der Waals surface area contributed by atoms with E-state index in [1.165, 1.54) is 12.1 Å². The largest absolute Gasteiger partial charge is 0.383 e. The predicted molar refractivity (Wildman–Crippen MR) is 131 cm³/mol. The smallest absolute Gasteiger partial charge is 0.132 e. The van der Waals surface area contributed by atoms with Crippen molar-refractivity contribution in [1.82, 2.24) is 14.9 Å². The summed E-state index contributed by atoms with van der Waals surface area (Å²) in [6.45, 7) is 3.91. The number of piperazine rings is 1. The third-order valence-corrected chi connectivity index (χ3v) is 6.52. The van der Waals surface area contributed by atoms with Gasteiger partial charge in [0.2, 0.25) is 0 Å². The molecule has 0 radical (unpaired) electrons. The number of aromatic nitrogens is 2. The van der Waals surface area contributed by atoms with Crippen molar-refractivity contribution in [2.75, 3.05) is 51.8 Å². The molecule has 0 bridgehead atoms. The van der Waals surface area contributed by atoms with E-state index in [-0.39, 0.29) is 5.82 Å². The molecule has 33 heavy (non-hydrogen) atoms. The van der Waals surface area contributed by atoms with Crippen LogP contribution in [0.4, 0.5) is 10.1 Å². The van der Waals surface area contributed by atoms with Crippen LogP contribution in [0.1, 0.15) is 11.3 Å². The van der Waals surface area contributed by atoms with Gasteiger partial charge in [0, 0.05) is 42.9 Å². The monoisotopic (exact) mass is 465 g/mol. The molecule has 0 N–H and O–H groups in total. The summed E-state index contributed by atoms with van der Waals surface area (Å²) in [5.74, 6) is -0.351. The van der Waals surface area contributed by atoms with Crippen molar-refractivity contribution in [2.24, 2.45) is 4.99 Å². The molecule has 1 atom stereocenters. The lowest BCUT2D eigenvalue weighted by Crippen LogP contribution is -2.53. The molecule has 0 spiro atoms. The van der Waals surface area contributed by atoms with Crippen LogP contribution in [0.3, 0.4) is 0 Å². The van der Waals surface area contributed by atoms with Gasteiger partial charge < -0.3 is 9.64 Å². The zero-order valence-corrected chi connectivity index (χ0v) is 19.4. The molecule has 2 aliphatic rings. The number of rotatable bonds is 5. The standard InChI is InChI=1S/C25H25ClFN5O/c1-31-9-10-32(14-18(31)15-33-2)17-12-24-23(29-13-17)6-5-22(30-24)19-7-8-28-25(19)20-11-16(26)3-4-21(20)27/h3-7,11-13,18H,8-10,14-15H2,1-2H3/t18-/m1/s1. The highest BCUT2D eigenvalue weighted by Crippen LogP contribution is 2.29. The number of hydrogen-bond donors (Lipinski definition) is 0. The fourth-order valence-corrected chi connectivity index (χ4v) is 4.59. The van der Waals surface area contributed by atoms with Crippen molar-refractivity contribution in [2.45, 2.75) is 6.04 Å². The number of pyridine rings is 2. The molecule has 0 amide bonds. The van der Waals surface area contributed by atoms with Gasteiger partial charge in [-0.05, 0) is 43.4 Å². The summed E-state index contributed by atoms with van der Waals surface area (Å²) in [5.41, 5.74) is 5.17. The number of benzene rings is 1. The zero-order valence-electron chi connectivity index (χ0n) is 18.6. The molecule has 6 nitrogen and oxygen atoms in total. The average molecular weight is 466 g/mol. The van der Waals surface area contributed by atoms with Crippen LogP contribution >= 0.6 is 11.6 Å². The number of likely N-dealkylation sites (N-methyl/N-ethyl adjacent to an activating group) is 1. The molecule has 5 rings (SSSR count). The van der Waals surface area contributed by atoms with Crippen LogP contribution in [0.25, 0.3) is 16.6 Å². The lowest BCUT2D eigenvalue weighted by molar-refractivity contribution is 0.0987. The molecule has 2 aromatic heterocycles. The van der Waals surface area contributed by atoms with E-state index in [1.807, 2.05) is 24.4 Å². The summed E-state index contributed by atoms with van der Waals surface area (Å²) in [7, 11) is 3.87. The Kier molecular flexibility index (Phi) is 6.10. The van der Waals surface area contributed by atoms with Gasteiger partial charge in [-0.1, -0.05) is 17.7 Å². The van der Waals surface area contributed by atoms with Crippen LogP contribution < -0.4 is 4.90 Å². The first-order chi connectivity index (χ1) is 16.0. The molecule has 2 aliphatic heterocycles. The maximum atomic E-state index is 14.5. The van der Waals surface area contributed by atoms with Crippen LogP contribution in [0, 0.1) is 5.82 Å². The van der Waals surface area contributed by atoms with Gasteiger partial charge in [-0.15, -0.1) is 0 Å². The Balaban J connectivity index is 1.46. The summed E-state index contributed by atoms with van der Waals surface area (Å²) in [5, 5.41) is 0.472. The van der Waals surface area contributed by atoms with Gasteiger partial charge in [0.25, 0.3) is 0 Å². The first-order valence-electron chi connectivity index (χ1n) is 10.9. The Labute approximate surface area is 197 Å². The minimum Gasteiger partial charge on any atom is -0.383 e. The van der Waals surface area contributed by atoms with Crippen molar-refractivity contribution in [3.63, 3.8) is 0 Å². The highest BCUT2D eigenvalue weighted by atomic mass is 35.5. The third-order valence-electron chi connectivity index (χ3n) is 6.28. The number of halogens is 2. The number of ether oxygens (including phenoxy) is 1. The highest BCUT2D eigenvalue weighted by Gasteiger charge is 2.25. The molecule has 4 heterocycles. The Morgan fingerprint density at radius 3 is 2.88 bits per heavy atom. The molecule has 0 saturated carbocycles. The lowest BCUT2D eigenvalue weighted by atomic mass is 9.99. The zero-order chi connectivity index (χ0) is 22.9. The van der Waals surface area contributed by atoms with E-state index in [9.17, 15) is 4.39 Å². The van der Waals surface area contributed by atoms with E-state index in [0.717, 1.165) is 47.6 Å². The molecule has 0 unspecified atom stereocenters. The van der Waals surface area contributed by atoms with Crippen molar-refractivity contribution in [1.29, 1.82) is 0 Å². The Morgan fingerprint density at radius 2 is 2.03 bits per heavy atom. The molecule has 3 aromatic rings. The second-order valence-electron chi connectivity index (χ2n) is 8.40. The molecule has 8 heteroatoms. The topological polar surface area (TPSA) is 53.9 Å². The van der Waals surface area contributed by atoms with E-state index in [1.54, 1.807) is 13.2 Å². The van der Waals surface area contributed by atoms with Gasteiger partial charge in [-0.25, -0.2) is 9.37 Å². The Hall–Kier alpha value is -2.87. The van der Waals surface area contributed by atoms with Crippen molar-refractivity contribution >= 4 is 39.6 Å². The normalized spacial score (nSPS) is 19.2. The Morgan fingerprint density at radius 1 is 1.15 bits per heavy atom. The van der Waals surface area contributed by atoms with Crippen molar-refractivity contribution in [3.05, 3.63) is 70.8 Å². The number of hydrogen-bond acceptors (Lipinski definition) is 6. The molecule has 1 aromatic carbocycles. The fraction of sp³-hybridized carbons (Fsp3) is 0.320. The van der Waals surface area contributed by atoms with Crippen LogP contribution in [0.5, 0.6) is 0 Å². The Bertz CT molecular complexity index is 1260. The SMILES string of the molecule is COC[C@H]1CN(c2cnc3ccc(C4=CCN=C4c4cc(Cl)ccc4F)nc3c2)CCN1C. The van der Waals surface area contributed by atoms with Gasteiger partial charge >= 0.3 is 0 Å². The molecule has 1 saturated heterocycles. The summed E-state index contributed by atoms with van der Waals surface area (Å²) in [4.78, 5) is 18.7. The number of aliphatic imine (C=N–C) groups is 1. The maximum Gasteiger partial charge on any atom is 0.132 e. The molecule has 0 aliphatic carbocycles. The van der Waals surface area contributed by atoms with E-state index in [4.69, 9.17) is 21.3 Å². The fourth-order valence-electron chi connectivity index (χ4n) is 4.42. The highest BCUT2D eigenvalue weighted by molar-refractivity contribution is 6.35. The van der Waals surface area contributed by atoms with Crippen LogP contribution in [-0.4, -0.2) is 73.6 Å². The number of fused-ring (bicyclic) bond motifs is 1. The van der Waals surface area contributed by atoms with Gasteiger partial charge in [0.15, 0.2) is 0 Å². The molecule has 1 fully saturated rings. The van der Waals surface area contributed by atoms with Crippen LogP contribution in [0.15, 0.2) is 53.7 Å². The van der Waals surface area contributed by atoms with E-state index >= 15 is 0 Å². The summed E-state index contributed by atoms with van der Waals surface area (Å²) in [6, 6.07) is 10.8. The maximum absolute atomic E-state index is 14.5. The minimum atomic E-state index is -0.351. The molecular weight excluding hydrogens is 441 g/mol. The predicted octanol–water partition coefficient (Wildman–Crippen LogP) is 4.08. The molecule has 170 valence electrons. The molecular formula is C25H25ClFN5O. The summed E-state index contributed by atoms with van der Waals surface area (Å²) in [6.07, 6.45) is 3.87. The number of nitrogens with zero attached hydrogens (tertiary/aromatic N) is 5. The summed E-state index contributed by atoms with van der Waals surface area (Å²) < 4.78 is 19.9. The minimum absolute atomic E-state index is 0.328. The second kappa shape index (κ2) is 9.17. The van der Waals surface area contributed by atoms with E-state index in [0.29, 0.717) is 35.5 Å².